The first-order valence-electron chi connectivity index (χ1n) is 9.36. The number of aromatic nitrogens is 3. The van der Waals surface area contributed by atoms with Crippen molar-refractivity contribution in [3.63, 3.8) is 0 Å². The van der Waals surface area contributed by atoms with Crippen molar-refractivity contribution in [2.45, 2.75) is 17.0 Å². The number of nitrogens with one attached hydrogen (secondary N) is 1. The minimum Gasteiger partial charge on any atom is -0.495 e. The fraction of sp³-hybridized carbons (Fsp3) is 0.190. The SMILES string of the molecule is COc1ccccc1NCc1nnc2n1N=CC(C1=Cc3cc(Br)ccc3OC1)S2. The summed E-state index contributed by atoms with van der Waals surface area (Å²) in [5, 5.41) is 17.4. The molecule has 0 bridgehead atoms. The zero-order valence-electron chi connectivity index (χ0n) is 16.1. The first-order chi connectivity index (χ1) is 14.7. The van der Waals surface area contributed by atoms with Gasteiger partial charge in [-0.25, -0.2) is 0 Å². The van der Waals surface area contributed by atoms with Gasteiger partial charge < -0.3 is 14.8 Å². The van der Waals surface area contributed by atoms with Crippen molar-refractivity contribution in [1.82, 2.24) is 14.9 Å². The molecule has 1 unspecified atom stereocenters. The van der Waals surface area contributed by atoms with Gasteiger partial charge in [0.1, 0.15) is 18.1 Å². The highest BCUT2D eigenvalue weighted by Gasteiger charge is 2.26. The summed E-state index contributed by atoms with van der Waals surface area (Å²) in [5.74, 6) is 2.42. The van der Waals surface area contributed by atoms with Gasteiger partial charge in [0, 0.05) is 16.3 Å². The standard InChI is InChI=1S/C21H18BrN5O2S/c1-28-18-5-3-2-4-16(18)23-11-20-25-26-21-27(20)24-10-19(30-21)14-8-13-9-15(22)6-7-17(13)29-12-14/h2-10,19,23H,11-12H2,1H3. The van der Waals surface area contributed by atoms with Gasteiger partial charge in [-0.3, -0.25) is 0 Å². The predicted molar refractivity (Wildman–Crippen MR) is 121 cm³/mol. The van der Waals surface area contributed by atoms with Crippen LogP contribution in [-0.2, 0) is 6.54 Å². The van der Waals surface area contributed by atoms with E-state index in [-0.39, 0.29) is 5.25 Å². The van der Waals surface area contributed by atoms with Crippen molar-refractivity contribution in [1.29, 1.82) is 0 Å². The highest BCUT2D eigenvalue weighted by atomic mass is 79.9. The lowest BCUT2D eigenvalue weighted by Gasteiger charge is -2.23. The maximum atomic E-state index is 5.92. The third-order valence-corrected chi connectivity index (χ3v) is 6.48. The number of fused-ring (bicyclic) bond motifs is 2. The fourth-order valence-corrected chi connectivity index (χ4v) is 4.68. The number of rotatable bonds is 5. The minimum absolute atomic E-state index is 0.0591. The van der Waals surface area contributed by atoms with Crippen molar-refractivity contribution >= 4 is 45.7 Å². The van der Waals surface area contributed by atoms with Crippen LogP contribution >= 0.6 is 27.7 Å². The summed E-state index contributed by atoms with van der Waals surface area (Å²) in [7, 11) is 1.65. The first-order valence-corrected chi connectivity index (χ1v) is 11.0. The molecule has 1 aromatic heterocycles. The molecule has 0 radical (unpaired) electrons. The minimum atomic E-state index is 0.0591. The number of nitrogens with zero attached hydrogens (tertiary/aromatic N) is 4. The Bertz CT molecular complexity index is 1160. The smallest absolute Gasteiger partial charge is 0.213 e. The molecule has 3 heterocycles. The van der Waals surface area contributed by atoms with Gasteiger partial charge in [-0.2, -0.15) is 9.78 Å². The number of benzene rings is 2. The molecule has 0 saturated carbocycles. The fourth-order valence-electron chi connectivity index (χ4n) is 3.33. The summed E-state index contributed by atoms with van der Waals surface area (Å²) in [6, 6.07) is 13.8. The Kier molecular flexibility index (Phi) is 5.22. The van der Waals surface area contributed by atoms with Crippen LogP contribution in [-0.4, -0.2) is 40.1 Å². The van der Waals surface area contributed by atoms with Gasteiger partial charge in [0.05, 0.1) is 24.6 Å². The van der Waals surface area contributed by atoms with E-state index in [2.05, 4.69) is 48.7 Å². The van der Waals surface area contributed by atoms with E-state index >= 15 is 0 Å². The van der Waals surface area contributed by atoms with Crippen molar-refractivity contribution in [2.75, 3.05) is 19.0 Å². The van der Waals surface area contributed by atoms with Gasteiger partial charge in [0.15, 0.2) is 5.82 Å². The van der Waals surface area contributed by atoms with Crippen LogP contribution in [0.4, 0.5) is 5.69 Å². The molecule has 0 saturated heterocycles. The Labute approximate surface area is 186 Å². The summed E-state index contributed by atoms with van der Waals surface area (Å²) in [6.45, 7) is 1.03. The molecular formula is C21H18BrN5O2S. The molecule has 9 heteroatoms. The molecule has 2 aromatic carbocycles. The number of hydrogen-bond donors (Lipinski definition) is 1. The lowest BCUT2D eigenvalue weighted by Crippen LogP contribution is -2.22. The zero-order chi connectivity index (χ0) is 20.5. The molecule has 1 atom stereocenters. The molecular weight excluding hydrogens is 466 g/mol. The van der Waals surface area contributed by atoms with Crippen molar-refractivity contribution < 1.29 is 9.47 Å². The Balaban J connectivity index is 1.32. The molecule has 152 valence electrons. The highest BCUT2D eigenvalue weighted by Crippen LogP contribution is 2.35. The lowest BCUT2D eigenvalue weighted by atomic mass is 10.1. The van der Waals surface area contributed by atoms with E-state index in [0.29, 0.717) is 13.2 Å². The van der Waals surface area contributed by atoms with Gasteiger partial charge in [-0.1, -0.05) is 39.8 Å². The molecule has 0 aliphatic carbocycles. The number of halogens is 1. The Morgan fingerprint density at radius 2 is 2.17 bits per heavy atom. The first kappa shape index (κ1) is 19.2. The summed E-state index contributed by atoms with van der Waals surface area (Å²) >= 11 is 5.14. The number of hydrogen-bond acceptors (Lipinski definition) is 7. The van der Waals surface area contributed by atoms with Crippen LogP contribution in [0.5, 0.6) is 11.5 Å². The van der Waals surface area contributed by atoms with Crippen molar-refractivity contribution in [3.05, 3.63) is 63.9 Å². The highest BCUT2D eigenvalue weighted by molar-refractivity contribution is 9.10. The Morgan fingerprint density at radius 3 is 3.07 bits per heavy atom. The Morgan fingerprint density at radius 1 is 1.27 bits per heavy atom. The third-order valence-electron chi connectivity index (χ3n) is 4.84. The van der Waals surface area contributed by atoms with Gasteiger partial charge in [0.2, 0.25) is 5.16 Å². The van der Waals surface area contributed by atoms with Gasteiger partial charge in [0.25, 0.3) is 0 Å². The third kappa shape index (κ3) is 3.70. The molecule has 7 nitrogen and oxygen atoms in total. The van der Waals surface area contributed by atoms with E-state index in [1.54, 1.807) is 23.5 Å². The number of thioether (sulfide) groups is 1. The van der Waals surface area contributed by atoms with E-state index < -0.39 is 0 Å². The van der Waals surface area contributed by atoms with E-state index in [1.165, 1.54) is 0 Å². The summed E-state index contributed by atoms with van der Waals surface area (Å²) in [5.41, 5.74) is 3.11. The lowest BCUT2D eigenvalue weighted by molar-refractivity contribution is 0.346. The molecule has 1 N–H and O–H groups in total. The van der Waals surface area contributed by atoms with Crippen LogP contribution in [0.15, 0.2) is 62.8 Å². The van der Waals surface area contributed by atoms with Crippen LogP contribution < -0.4 is 14.8 Å². The molecule has 0 amide bonds. The summed E-state index contributed by atoms with van der Waals surface area (Å²) < 4.78 is 14.1. The average Bonchev–Trinajstić information content (AvgIpc) is 3.19. The van der Waals surface area contributed by atoms with Gasteiger partial charge >= 0.3 is 0 Å². The van der Waals surface area contributed by atoms with Crippen molar-refractivity contribution in [2.24, 2.45) is 5.10 Å². The monoisotopic (exact) mass is 483 g/mol. The van der Waals surface area contributed by atoms with E-state index in [9.17, 15) is 0 Å². The van der Waals surface area contributed by atoms with Crippen molar-refractivity contribution in [3.8, 4) is 11.5 Å². The van der Waals surface area contributed by atoms with E-state index in [1.807, 2.05) is 42.6 Å². The molecule has 3 aromatic rings. The number of methoxy groups -OCH3 is 1. The van der Waals surface area contributed by atoms with Crippen LogP contribution in [0.1, 0.15) is 11.4 Å². The second-order valence-electron chi connectivity index (χ2n) is 6.76. The second-order valence-corrected chi connectivity index (χ2v) is 8.78. The normalized spacial score (nSPS) is 16.9. The number of ether oxygens (including phenoxy) is 2. The zero-order valence-corrected chi connectivity index (χ0v) is 18.5. The maximum Gasteiger partial charge on any atom is 0.213 e. The van der Waals surface area contributed by atoms with E-state index in [4.69, 9.17) is 9.47 Å². The Hall–Kier alpha value is -2.78. The topological polar surface area (TPSA) is 73.6 Å². The number of para-hydroxylation sites is 2. The van der Waals surface area contributed by atoms with Crippen LogP contribution in [0.3, 0.4) is 0 Å². The van der Waals surface area contributed by atoms with Gasteiger partial charge in [-0.15, -0.1) is 10.2 Å². The average molecular weight is 484 g/mol. The molecule has 0 fully saturated rings. The number of anilines is 1. The van der Waals surface area contributed by atoms with Crippen LogP contribution in [0, 0.1) is 0 Å². The quantitative estimate of drug-likeness (QED) is 0.577. The molecule has 2 aliphatic rings. The molecule has 30 heavy (non-hydrogen) atoms. The molecule has 0 spiro atoms. The van der Waals surface area contributed by atoms with Crippen LogP contribution in [0.2, 0.25) is 0 Å². The summed E-state index contributed by atoms with van der Waals surface area (Å²) in [6.07, 6.45) is 4.09. The van der Waals surface area contributed by atoms with Crippen LogP contribution in [0.25, 0.3) is 6.08 Å². The summed E-state index contributed by atoms with van der Waals surface area (Å²) in [4.78, 5) is 0. The molecule has 5 rings (SSSR count). The predicted octanol–water partition coefficient (Wildman–Crippen LogP) is 4.45. The van der Waals surface area contributed by atoms with Gasteiger partial charge in [-0.05, 0) is 42.0 Å². The molecule has 2 aliphatic heterocycles. The maximum absolute atomic E-state index is 5.92. The largest absolute Gasteiger partial charge is 0.495 e. The van der Waals surface area contributed by atoms with E-state index in [0.717, 1.165) is 43.8 Å². The second kappa shape index (κ2) is 8.16.